The molecule has 22 heavy (non-hydrogen) atoms. The zero-order chi connectivity index (χ0) is 16.1. The first-order chi connectivity index (χ1) is 10.5. The molecule has 0 radical (unpaired) electrons. The minimum Gasteiger partial charge on any atom is -0.479 e. The standard InChI is InChI=1S/C18H17NO3/c1-12-4-9-17(13(2)10-12)22-18(20)14(3)21-16-7-5-15(11-19)6-8-16/h4-10,14H,1-3H3. The van der Waals surface area contributed by atoms with Crippen molar-refractivity contribution < 1.29 is 14.3 Å². The summed E-state index contributed by atoms with van der Waals surface area (Å²) in [4.78, 5) is 12.1. The van der Waals surface area contributed by atoms with Crippen LogP contribution in [0.3, 0.4) is 0 Å². The quantitative estimate of drug-likeness (QED) is 0.639. The van der Waals surface area contributed by atoms with Crippen LogP contribution in [-0.2, 0) is 4.79 Å². The fourth-order valence-corrected chi connectivity index (χ4v) is 1.97. The van der Waals surface area contributed by atoms with Crippen LogP contribution in [0.1, 0.15) is 23.6 Å². The molecule has 0 fully saturated rings. The van der Waals surface area contributed by atoms with E-state index in [9.17, 15) is 4.79 Å². The fourth-order valence-electron chi connectivity index (χ4n) is 1.97. The minimum atomic E-state index is -0.742. The molecule has 2 rings (SSSR count). The van der Waals surface area contributed by atoms with E-state index in [-0.39, 0.29) is 0 Å². The molecule has 1 atom stereocenters. The summed E-state index contributed by atoms with van der Waals surface area (Å²) in [6.45, 7) is 5.50. The summed E-state index contributed by atoms with van der Waals surface area (Å²) in [5, 5.41) is 8.74. The van der Waals surface area contributed by atoms with Crippen molar-refractivity contribution in [3.8, 4) is 17.6 Å². The van der Waals surface area contributed by atoms with Gasteiger partial charge in [0, 0.05) is 0 Å². The van der Waals surface area contributed by atoms with Crippen molar-refractivity contribution in [2.45, 2.75) is 26.9 Å². The third-order valence-corrected chi connectivity index (χ3v) is 3.17. The second-order valence-electron chi connectivity index (χ2n) is 5.09. The van der Waals surface area contributed by atoms with Crippen LogP contribution < -0.4 is 9.47 Å². The first-order valence-corrected chi connectivity index (χ1v) is 6.95. The van der Waals surface area contributed by atoms with Crippen LogP contribution in [0.5, 0.6) is 11.5 Å². The van der Waals surface area contributed by atoms with Crippen LogP contribution in [0.2, 0.25) is 0 Å². The number of esters is 1. The highest BCUT2D eigenvalue weighted by Gasteiger charge is 2.18. The summed E-state index contributed by atoms with van der Waals surface area (Å²) >= 11 is 0. The van der Waals surface area contributed by atoms with Gasteiger partial charge in [-0.3, -0.25) is 0 Å². The molecule has 0 saturated carbocycles. The second kappa shape index (κ2) is 6.77. The molecule has 0 bridgehead atoms. The molecule has 0 amide bonds. The average Bonchev–Trinajstić information content (AvgIpc) is 2.50. The largest absolute Gasteiger partial charge is 0.479 e. The van der Waals surface area contributed by atoms with Crippen LogP contribution in [0.15, 0.2) is 42.5 Å². The smallest absolute Gasteiger partial charge is 0.352 e. The molecule has 0 aromatic heterocycles. The van der Waals surface area contributed by atoms with Crippen molar-refractivity contribution in [1.29, 1.82) is 5.26 Å². The Labute approximate surface area is 129 Å². The van der Waals surface area contributed by atoms with Gasteiger partial charge < -0.3 is 9.47 Å². The third-order valence-electron chi connectivity index (χ3n) is 3.17. The van der Waals surface area contributed by atoms with Crippen molar-refractivity contribution in [3.63, 3.8) is 0 Å². The SMILES string of the molecule is Cc1ccc(OC(=O)C(C)Oc2ccc(C#N)cc2)c(C)c1. The van der Waals surface area contributed by atoms with Gasteiger partial charge in [-0.25, -0.2) is 4.79 Å². The van der Waals surface area contributed by atoms with Gasteiger partial charge in [0.1, 0.15) is 11.5 Å². The summed E-state index contributed by atoms with van der Waals surface area (Å²) in [5.41, 5.74) is 2.55. The Morgan fingerprint density at radius 2 is 1.82 bits per heavy atom. The molecule has 4 nitrogen and oxygen atoms in total. The van der Waals surface area contributed by atoms with E-state index in [0.29, 0.717) is 17.1 Å². The number of ether oxygens (including phenoxy) is 2. The lowest BCUT2D eigenvalue weighted by molar-refractivity contribution is -0.141. The normalized spacial score (nSPS) is 11.4. The number of nitrogens with zero attached hydrogens (tertiary/aromatic N) is 1. The van der Waals surface area contributed by atoms with Crippen LogP contribution >= 0.6 is 0 Å². The number of hydrogen-bond donors (Lipinski definition) is 0. The van der Waals surface area contributed by atoms with Crippen molar-refractivity contribution in [2.75, 3.05) is 0 Å². The van der Waals surface area contributed by atoms with Gasteiger partial charge in [0.15, 0.2) is 6.10 Å². The van der Waals surface area contributed by atoms with E-state index in [4.69, 9.17) is 14.7 Å². The van der Waals surface area contributed by atoms with Gasteiger partial charge in [0.25, 0.3) is 0 Å². The third kappa shape index (κ3) is 3.86. The number of rotatable bonds is 4. The summed E-state index contributed by atoms with van der Waals surface area (Å²) in [5.74, 6) is 0.589. The number of carbonyl (C=O) groups is 1. The van der Waals surface area contributed by atoms with Crippen molar-refractivity contribution in [1.82, 2.24) is 0 Å². The molecule has 0 aliphatic carbocycles. The van der Waals surface area contributed by atoms with E-state index in [1.807, 2.05) is 32.0 Å². The Kier molecular flexibility index (Phi) is 4.80. The fraction of sp³-hybridized carbons (Fsp3) is 0.222. The zero-order valence-corrected chi connectivity index (χ0v) is 12.8. The van der Waals surface area contributed by atoms with Gasteiger partial charge in [-0.2, -0.15) is 5.26 Å². The molecule has 0 spiro atoms. The van der Waals surface area contributed by atoms with Crippen LogP contribution in [0, 0.1) is 25.2 Å². The van der Waals surface area contributed by atoms with Gasteiger partial charge in [-0.05, 0) is 56.7 Å². The van der Waals surface area contributed by atoms with E-state index in [1.165, 1.54) is 0 Å². The molecule has 0 N–H and O–H groups in total. The summed E-state index contributed by atoms with van der Waals surface area (Å²) in [7, 11) is 0. The summed E-state index contributed by atoms with van der Waals surface area (Å²) in [6, 6.07) is 14.2. The number of aryl methyl sites for hydroxylation is 2. The Bertz CT molecular complexity index is 714. The highest BCUT2D eigenvalue weighted by atomic mass is 16.6. The van der Waals surface area contributed by atoms with Gasteiger partial charge in [0.05, 0.1) is 11.6 Å². The van der Waals surface area contributed by atoms with E-state index < -0.39 is 12.1 Å². The number of hydrogen-bond acceptors (Lipinski definition) is 4. The molecular weight excluding hydrogens is 278 g/mol. The highest BCUT2D eigenvalue weighted by molar-refractivity contribution is 5.77. The molecule has 4 heteroatoms. The van der Waals surface area contributed by atoms with E-state index in [1.54, 1.807) is 37.3 Å². The predicted molar refractivity (Wildman–Crippen MR) is 82.8 cm³/mol. The zero-order valence-electron chi connectivity index (χ0n) is 12.8. The van der Waals surface area contributed by atoms with E-state index in [2.05, 4.69) is 0 Å². The monoisotopic (exact) mass is 295 g/mol. The maximum atomic E-state index is 12.1. The topological polar surface area (TPSA) is 59.3 Å². The molecule has 0 saturated heterocycles. The van der Waals surface area contributed by atoms with Crippen molar-refractivity contribution in [3.05, 3.63) is 59.2 Å². The molecule has 1 unspecified atom stereocenters. The first-order valence-electron chi connectivity index (χ1n) is 6.95. The van der Waals surface area contributed by atoms with Gasteiger partial charge >= 0.3 is 5.97 Å². The summed E-state index contributed by atoms with van der Waals surface area (Å²) in [6.07, 6.45) is -0.742. The van der Waals surface area contributed by atoms with Crippen molar-refractivity contribution in [2.24, 2.45) is 0 Å². The molecule has 0 aliphatic rings. The maximum absolute atomic E-state index is 12.1. The highest BCUT2D eigenvalue weighted by Crippen LogP contribution is 2.20. The lowest BCUT2D eigenvalue weighted by Gasteiger charge is -2.15. The average molecular weight is 295 g/mol. The molecule has 2 aromatic carbocycles. The number of carbonyl (C=O) groups excluding carboxylic acids is 1. The van der Waals surface area contributed by atoms with Crippen molar-refractivity contribution >= 4 is 5.97 Å². The molecule has 0 aliphatic heterocycles. The first kappa shape index (κ1) is 15.6. The maximum Gasteiger partial charge on any atom is 0.352 e. The van der Waals surface area contributed by atoms with E-state index >= 15 is 0 Å². The van der Waals surface area contributed by atoms with Gasteiger partial charge in [-0.1, -0.05) is 17.7 Å². The number of benzene rings is 2. The Morgan fingerprint density at radius 1 is 1.14 bits per heavy atom. The predicted octanol–water partition coefficient (Wildman–Crippen LogP) is 3.55. The van der Waals surface area contributed by atoms with Crippen LogP contribution in [0.25, 0.3) is 0 Å². The lowest BCUT2D eigenvalue weighted by atomic mass is 10.1. The Hall–Kier alpha value is -2.80. The van der Waals surface area contributed by atoms with Gasteiger partial charge in [-0.15, -0.1) is 0 Å². The molecule has 0 heterocycles. The van der Waals surface area contributed by atoms with Crippen LogP contribution in [0.4, 0.5) is 0 Å². The molecule has 2 aromatic rings. The van der Waals surface area contributed by atoms with Gasteiger partial charge in [0.2, 0.25) is 0 Å². The lowest BCUT2D eigenvalue weighted by Crippen LogP contribution is -2.28. The Morgan fingerprint density at radius 3 is 2.41 bits per heavy atom. The van der Waals surface area contributed by atoms with Crippen LogP contribution in [-0.4, -0.2) is 12.1 Å². The molecular formula is C18H17NO3. The number of nitriles is 1. The Balaban J connectivity index is 2.01. The second-order valence-corrected chi connectivity index (χ2v) is 5.09. The summed E-state index contributed by atoms with van der Waals surface area (Å²) < 4.78 is 10.9. The molecule has 112 valence electrons. The van der Waals surface area contributed by atoms with E-state index in [0.717, 1.165) is 11.1 Å². The minimum absolute atomic E-state index is 0.462.